The van der Waals surface area contributed by atoms with Crippen molar-refractivity contribution in [2.75, 3.05) is 40.3 Å². The van der Waals surface area contributed by atoms with Crippen LogP contribution in [0.2, 0.25) is 0 Å². The molecule has 0 saturated carbocycles. The van der Waals surface area contributed by atoms with Crippen LogP contribution < -0.4 is 0 Å². The molecule has 0 N–H and O–H groups in total. The van der Waals surface area contributed by atoms with Gasteiger partial charge in [-0.2, -0.15) is 5.10 Å². The molecule has 1 spiro atoms. The third kappa shape index (κ3) is 3.20. The summed E-state index contributed by atoms with van der Waals surface area (Å²) in [6, 6.07) is -0.0121. The van der Waals surface area contributed by atoms with E-state index in [0.717, 1.165) is 25.1 Å². The second kappa shape index (κ2) is 6.11. The number of carbonyl (C=O) groups is 1. The van der Waals surface area contributed by atoms with Gasteiger partial charge in [0.25, 0.3) is 0 Å². The summed E-state index contributed by atoms with van der Waals surface area (Å²) in [5, 5.41) is 4.19. The molecule has 7 heteroatoms. The first-order valence-electron chi connectivity index (χ1n) is 8.20. The number of likely N-dealkylation sites (tertiary alicyclic amines) is 2. The molecule has 2 saturated heterocycles. The Kier molecular flexibility index (Phi) is 4.31. The van der Waals surface area contributed by atoms with Crippen LogP contribution in [-0.4, -0.2) is 77.0 Å². The number of hydrogen-bond donors (Lipinski definition) is 0. The minimum atomic E-state index is -0.826. The van der Waals surface area contributed by atoms with Gasteiger partial charge in [-0.3, -0.25) is 9.58 Å². The van der Waals surface area contributed by atoms with Crippen LogP contribution in [0.1, 0.15) is 18.4 Å². The summed E-state index contributed by atoms with van der Waals surface area (Å²) in [7, 11) is 5.40. The lowest BCUT2D eigenvalue weighted by Crippen LogP contribution is -2.55. The number of nitrogens with zero attached hydrogens (tertiary/aromatic N) is 5. The zero-order valence-electron chi connectivity index (χ0n) is 14.2. The summed E-state index contributed by atoms with van der Waals surface area (Å²) < 4.78 is 16.5. The molecule has 3 rings (SSSR count). The second-order valence-electron chi connectivity index (χ2n) is 7.20. The van der Waals surface area contributed by atoms with E-state index in [2.05, 4.69) is 10.00 Å². The predicted octanol–water partition coefficient (Wildman–Crippen LogP) is 1.34. The van der Waals surface area contributed by atoms with Gasteiger partial charge >= 0.3 is 6.03 Å². The molecule has 128 valence electrons. The quantitative estimate of drug-likeness (QED) is 0.825. The number of hydrogen-bond acceptors (Lipinski definition) is 3. The fourth-order valence-corrected chi connectivity index (χ4v) is 3.90. The number of carbonyl (C=O) groups excluding carboxylic acids is 1. The molecule has 6 nitrogen and oxygen atoms in total. The van der Waals surface area contributed by atoms with Crippen LogP contribution in [-0.2, 0) is 13.6 Å². The van der Waals surface area contributed by atoms with E-state index in [4.69, 9.17) is 0 Å². The number of aromatic nitrogens is 2. The molecule has 0 aromatic carbocycles. The lowest BCUT2D eigenvalue weighted by atomic mass is 9.77. The van der Waals surface area contributed by atoms with Crippen molar-refractivity contribution in [2.45, 2.75) is 25.6 Å². The Bertz CT molecular complexity index is 575. The number of alkyl halides is 1. The number of amides is 2. The molecule has 2 fully saturated rings. The van der Waals surface area contributed by atoms with Gasteiger partial charge in [-0.25, -0.2) is 9.18 Å². The SMILES string of the molecule is CN(C)C(=O)N1CC[C@H](F)[C@@]2(CCN(Cc3cnn(C)c3)C2)C1. The Balaban J connectivity index is 1.67. The second-order valence-corrected chi connectivity index (χ2v) is 7.20. The van der Waals surface area contributed by atoms with Crippen molar-refractivity contribution >= 4 is 6.03 Å². The van der Waals surface area contributed by atoms with Gasteiger partial charge in [0, 0.05) is 64.5 Å². The maximum absolute atomic E-state index is 14.7. The van der Waals surface area contributed by atoms with Gasteiger partial charge in [0.15, 0.2) is 0 Å². The van der Waals surface area contributed by atoms with Crippen molar-refractivity contribution in [2.24, 2.45) is 12.5 Å². The molecular weight excluding hydrogens is 297 g/mol. The smallest absolute Gasteiger partial charge is 0.319 e. The minimum Gasteiger partial charge on any atom is -0.331 e. The first kappa shape index (κ1) is 16.2. The zero-order valence-corrected chi connectivity index (χ0v) is 14.2. The summed E-state index contributed by atoms with van der Waals surface area (Å²) in [6.45, 7) is 3.42. The fourth-order valence-electron chi connectivity index (χ4n) is 3.90. The first-order chi connectivity index (χ1) is 10.9. The third-order valence-corrected chi connectivity index (χ3v) is 5.10. The van der Waals surface area contributed by atoms with E-state index in [1.165, 1.54) is 0 Å². The van der Waals surface area contributed by atoms with E-state index in [0.29, 0.717) is 26.1 Å². The van der Waals surface area contributed by atoms with E-state index < -0.39 is 11.6 Å². The number of piperidine rings is 1. The Morgan fingerprint density at radius 2 is 2.22 bits per heavy atom. The molecule has 0 aliphatic carbocycles. The molecule has 2 aliphatic heterocycles. The highest BCUT2D eigenvalue weighted by Crippen LogP contribution is 2.41. The van der Waals surface area contributed by atoms with Gasteiger partial charge in [-0.15, -0.1) is 0 Å². The molecule has 23 heavy (non-hydrogen) atoms. The van der Waals surface area contributed by atoms with Gasteiger partial charge in [0.1, 0.15) is 6.17 Å². The Morgan fingerprint density at radius 1 is 1.43 bits per heavy atom. The summed E-state index contributed by atoms with van der Waals surface area (Å²) in [4.78, 5) is 17.9. The van der Waals surface area contributed by atoms with Crippen molar-refractivity contribution in [3.8, 4) is 0 Å². The predicted molar refractivity (Wildman–Crippen MR) is 85.7 cm³/mol. The summed E-state index contributed by atoms with van der Waals surface area (Å²) in [5.74, 6) is 0. The first-order valence-corrected chi connectivity index (χ1v) is 8.20. The van der Waals surface area contributed by atoms with Crippen molar-refractivity contribution in [1.29, 1.82) is 0 Å². The van der Waals surface area contributed by atoms with E-state index in [1.54, 1.807) is 23.7 Å². The molecule has 1 aromatic heterocycles. The maximum atomic E-state index is 14.7. The molecule has 0 unspecified atom stereocenters. The molecule has 1 aromatic rings. The highest BCUT2D eigenvalue weighted by molar-refractivity contribution is 5.74. The molecule has 3 heterocycles. The van der Waals surface area contributed by atoms with Crippen molar-refractivity contribution < 1.29 is 9.18 Å². The average Bonchev–Trinajstić information content (AvgIpc) is 3.09. The van der Waals surface area contributed by atoms with Crippen LogP contribution in [0.25, 0.3) is 0 Å². The summed E-state index contributed by atoms with van der Waals surface area (Å²) >= 11 is 0. The van der Waals surface area contributed by atoms with E-state index in [1.807, 2.05) is 24.3 Å². The molecular formula is C16H26FN5O. The Labute approximate surface area is 136 Å². The van der Waals surface area contributed by atoms with E-state index in [9.17, 15) is 9.18 Å². The van der Waals surface area contributed by atoms with E-state index >= 15 is 0 Å². The van der Waals surface area contributed by atoms with Crippen LogP contribution in [0.5, 0.6) is 0 Å². The van der Waals surface area contributed by atoms with Gasteiger partial charge in [-0.1, -0.05) is 0 Å². The summed E-state index contributed by atoms with van der Waals surface area (Å²) in [6.07, 6.45) is 4.29. The monoisotopic (exact) mass is 323 g/mol. The standard InChI is InChI=1S/C16H26FN5O/c1-19(2)15(23)22-6-4-14(17)16(12-22)5-7-21(11-16)10-13-8-18-20(3)9-13/h8-9,14H,4-7,10-12H2,1-3H3/t14-,16+/m0/s1. The highest BCUT2D eigenvalue weighted by Gasteiger charge is 2.49. The van der Waals surface area contributed by atoms with Crippen LogP contribution in [0.3, 0.4) is 0 Å². The molecule has 2 amide bonds. The number of urea groups is 1. The van der Waals surface area contributed by atoms with Crippen LogP contribution in [0.15, 0.2) is 12.4 Å². The van der Waals surface area contributed by atoms with Gasteiger partial charge < -0.3 is 9.80 Å². The molecule has 0 bridgehead atoms. The molecule has 2 atom stereocenters. The molecule has 0 radical (unpaired) electrons. The van der Waals surface area contributed by atoms with E-state index in [-0.39, 0.29) is 6.03 Å². The molecule has 2 aliphatic rings. The van der Waals surface area contributed by atoms with Gasteiger partial charge in [0.05, 0.1) is 6.20 Å². The topological polar surface area (TPSA) is 44.6 Å². The van der Waals surface area contributed by atoms with Crippen LogP contribution >= 0.6 is 0 Å². The maximum Gasteiger partial charge on any atom is 0.319 e. The van der Waals surface area contributed by atoms with Gasteiger partial charge in [-0.05, 0) is 19.4 Å². The Hall–Kier alpha value is -1.63. The minimum absolute atomic E-state index is 0.0121. The fraction of sp³-hybridized carbons (Fsp3) is 0.750. The zero-order chi connectivity index (χ0) is 16.6. The highest BCUT2D eigenvalue weighted by atomic mass is 19.1. The number of rotatable bonds is 2. The normalized spacial score (nSPS) is 28.5. The third-order valence-electron chi connectivity index (χ3n) is 5.10. The van der Waals surface area contributed by atoms with Crippen molar-refractivity contribution in [1.82, 2.24) is 24.5 Å². The number of aryl methyl sites for hydroxylation is 1. The average molecular weight is 323 g/mol. The summed E-state index contributed by atoms with van der Waals surface area (Å²) in [5.41, 5.74) is 0.739. The number of halogens is 1. The Morgan fingerprint density at radius 3 is 2.87 bits per heavy atom. The van der Waals surface area contributed by atoms with Crippen LogP contribution in [0.4, 0.5) is 9.18 Å². The lowest BCUT2D eigenvalue weighted by molar-refractivity contribution is 0.0201. The lowest BCUT2D eigenvalue weighted by Gasteiger charge is -2.43. The van der Waals surface area contributed by atoms with Crippen LogP contribution in [0, 0.1) is 5.41 Å². The van der Waals surface area contributed by atoms with Crippen molar-refractivity contribution in [3.05, 3.63) is 18.0 Å². The largest absolute Gasteiger partial charge is 0.331 e. The van der Waals surface area contributed by atoms with Crippen molar-refractivity contribution in [3.63, 3.8) is 0 Å². The van der Waals surface area contributed by atoms with Gasteiger partial charge in [0.2, 0.25) is 0 Å².